The highest BCUT2D eigenvalue weighted by Gasteiger charge is 2.23. The number of hydrogen-bond donors (Lipinski definition) is 1. The molecule has 1 saturated heterocycles. The van der Waals surface area contributed by atoms with Crippen LogP contribution >= 0.6 is 11.8 Å². The second-order valence-electron chi connectivity index (χ2n) is 7.37. The quantitative estimate of drug-likeness (QED) is 0.647. The fraction of sp³-hybridized carbons (Fsp3) is 0.524. The number of nitrogens with one attached hydrogen (secondary N) is 1. The molecule has 2 aromatic rings. The van der Waals surface area contributed by atoms with Crippen molar-refractivity contribution in [3.05, 3.63) is 41.5 Å². The van der Waals surface area contributed by atoms with Gasteiger partial charge < -0.3 is 14.8 Å². The van der Waals surface area contributed by atoms with Crippen LogP contribution in [0.15, 0.2) is 29.4 Å². The van der Waals surface area contributed by atoms with E-state index >= 15 is 0 Å². The second-order valence-corrected chi connectivity index (χ2v) is 8.68. The Morgan fingerprint density at radius 3 is 2.73 bits per heavy atom. The molecule has 0 unspecified atom stereocenters. The molecule has 7 nitrogen and oxygen atoms in total. The minimum absolute atomic E-state index is 0.126. The van der Waals surface area contributed by atoms with E-state index in [4.69, 9.17) is 0 Å². The Kier molecular flexibility index (Phi) is 7.84. The molecule has 0 saturated carbocycles. The van der Waals surface area contributed by atoms with E-state index in [2.05, 4.69) is 15.5 Å². The van der Waals surface area contributed by atoms with Crippen molar-refractivity contribution in [2.45, 2.75) is 69.6 Å². The summed E-state index contributed by atoms with van der Waals surface area (Å²) in [5.74, 6) is 0.486. The van der Waals surface area contributed by atoms with E-state index in [1.54, 1.807) is 12.1 Å². The minimum atomic E-state index is -0.368. The molecule has 0 radical (unpaired) electrons. The summed E-state index contributed by atoms with van der Waals surface area (Å²) >= 11 is 1.34. The van der Waals surface area contributed by atoms with Crippen molar-refractivity contribution < 1.29 is 14.0 Å². The average Bonchev–Trinajstić information content (AvgIpc) is 3.00. The number of amides is 2. The molecule has 0 aliphatic carbocycles. The van der Waals surface area contributed by atoms with Gasteiger partial charge in [-0.2, -0.15) is 0 Å². The molecular formula is C21H28FN5O2S. The fourth-order valence-corrected chi connectivity index (χ4v) is 4.32. The standard InChI is InChI=1S/C21H28FN5O2S/c1-3-27-18(14-26-12-6-4-5-7-19(26)28)24-25-21(27)30-15(2)20(29)23-13-16-8-10-17(22)11-9-16/h8-11,15H,3-7,12-14H2,1-2H3,(H,23,29)/t15-/m1/s1. The van der Waals surface area contributed by atoms with Gasteiger partial charge in [0.1, 0.15) is 5.82 Å². The first-order chi connectivity index (χ1) is 14.5. The van der Waals surface area contributed by atoms with Gasteiger partial charge in [-0.05, 0) is 44.4 Å². The Balaban J connectivity index is 1.59. The number of thioether (sulfide) groups is 1. The highest BCUT2D eigenvalue weighted by molar-refractivity contribution is 8.00. The van der Waals surface area contributed by atoms with Crippen LogP contribution < -0.4 is 5.32 Å². The maximum Gasteiger partial charge on any atom is 0.233 e. The van der Waals surface area contributed by atoms with Gasteiger partial charge in [0.05, 0.1) is 11.8 Å². The molecule has 1 fully saturated rings. The van der Waals surface area contributed by atoms with Crippen molar-refractivity contribution in [1.82, 2.24) is 25.0 Å². The molecule has 3 rings (SSSR count). The normalized spacial score (nSPS) is 15.7. The molecule has 1 aromatic heterocycles. The predicted molar refractivity (Wildman–Crippen MR) is 113 cm³/mol. The molecular weight excluding hydrogens is 405 g/mol. The van der Waals surface area contributed by atoms with Crippen LogP contribution in [0.25, 0.3) is 0 Å². The van der Waals surface area contributed by atoms with E-state index in [0.717, 1.165) is 37.2 Å². The largest absolute Gasteiger partial charge is 0.351 e. The first-order valence-electron chi connectivity index (χ1n) is 10.4. The zero-order valence-electron chi connectivity index (χ0n) is 17.4. The van der Waals surface area contributed by atoms with Gasteiger partial charge in [-0.15, -0.1) is 10.2 Å². The summed E-state index contributed by atoms with van der Waals surface area (Å²) in [6, 6.07) is 6.05. The zero-order valence-corrected chi connectivity index (χ0v) is 18.3. The van der Waals surface area contributed by atoms with Crippen LogP contribution in [0.1, 0.15) is 50.9 Å². The summed E-state index contributed by atoms with van der Waals surface area (Å²) in [6.07, 6.45) is 3.63. The van der Waals surface area contributed by atoms with Gasteiger partial charge in [-0.1, -0.05) is 30.3 Å². The number of rotatable bonds is 8. The lowest BCUT2D eigenvalue weighted by molar-refractivity contribution is -0.131. The molecule has 2 heterocycles. The van der Waals surface area contributed by atoms with Crippen molar-refractivity contribution >= 4 is 23.6 Å². The number of likely N-dealkylation sites (tertiary alicyclic amines) is 1. The van der Waals surface area contributed by atoms with Crippen molar-refractivity contribution in [1.29, 1.82) is 0 Å². The summed E-state index contributed by atoms with van der Waals surface area (Å²) in [4.78, 5) is 26.6. The van der Waals surface area contributed by atoms with Crippen LogP contribution in [0.2, 0.25) is 0 Å². The summed E-state index contributed by atoms with van der Waals surface area (Å²) in [5, 5.41) is 11.7. The number of carbonyl (C=O) groups is 2. The van der Waals surface area contributed by atoms with Crippen molar-refractivity contribution in [3.63, 3.8) is 0 Å². The summed E-state index contributed by atoms with van der Waals surface area (Å²) in [6.45, 7) is 6.02. The van der Waals surface area contributed by atoms with Gasteiger partial charge in [0.15, 0.2) is 11.0 Å². The molecule has 1 aromatic carbocycles. The Labute approximate surface area is 180 Å². The summed E-state index contributed by atoms with van der Waals surface area (Å²) in [7, 11) is 0. The molecule has 1 atom stereocenters. The maximum absolute atomic E-state index is 13.0. The van der Waals surface area contributed by atoms with Gasteiger partial charge in [0.25, 0.3) is 0 Å². The third-order valence-corrected chi connectivity index (χ3v) is 6.23. The second kappa shape index (κ2) is 10.6. The van der Waals surface area contributed by atoms with E-state index in [1.165, 1.54) is 23.9 Å². The smallest absolute Gasteiger partial charge is 0.233 e. The molecule has 9 heteroatoms. The van der Waals surface area contributed by atoms with Gasteiger partial charge in [-0.25, -0.2) is 4.39 Å². The number of hydrogen-bond acceptors (Lipinski definition) is 5. The lowest BCUT2D eigenvalue weighted by atomic mass is 10.2. The summed E-state index contributed by atoms with van der Waals surface area (Å²) in [5.41, 5.74) is 0.836. The van der Waals surface area contributed by atoms with Gasteiger partial charge in [0, 0.05) is 26.1 Å². The lowest BCUT2D eigenvalue weighted by Gasteiger charge is -2.20. The third-order valence-electron chi connectivity index (χ3n) is 5.14. The molecule has 1 aliphatic heterocycles. The lowest BCUT2D eigenvalue weighted by Crippen LogP contribution is -2.31. The van der Waals surface area contributed by atoms with E-state index in [0.29, 0.717) is 31.2 Å². The van der Waals surface area contributed by atoms with Gasteiger partial charge in [0.2, 0.25) is 11.8 Å². The van der Waals surface area contributed by atoms with Crippen LogP contribution in [0.3, 0.4) is 0 Å². The molecule has 1 aliphatic rings. The SMILES string of the molecule is CCn1c(CN2CCCCCC2=O)nnc1S[C@H](C)C(=O)NCc1ccc(F)cc1. The van der Waals surface area contributed by atoms with Crippen molar-refractivity contribution in [3.8, 4) is 0 Å². The number of aromatic nitrogens is 3. The van der Waals surface area contributed by atoms with Gasteiger partial charge >= 0.3 is 0 Å². The van der Waals surface area contributed by atoms with Crippen molar-refractivity contribution in [2.24, 2.45) is 0 Å². The summed E-state index contributed by atoms with van der Waals surface area (Å²) < 4.78 is 15.0. The average molecular weight is 434 g/mol. The first-order valence-corrected chi connectivity index (χ1v) is 11.2. The van der Waals surface area contributed by atoms with E-state index in [9.17, 15) is 14.0 Å². The fourth-order valence-electron chi connectivity index (χ4n) is 3.36. The molecule has 2 amide bonds. The first kappa shape index (κ1) is 22.3. The van der Waals surface area contributed by atoms with E-state index < -0.39 is 0 Å². The van der Waals surface area contributed by atoms with Crippen molar-refractivity contribution in [2.75, 3.05) is 6.54 Å². The molecule has 0 bridgehead atoms. The Morgan fingerprint density at radius 1 is 1.23 bits per heavy atom. The molecule has 30 heavy (non-hydrogen) atoms. The number of nitrogens with zero attached hydrogens (tertiary/aromatic N) is 4. The Hall–Kier alpha value is -2.42. The Morgan fingerprint density at radius 2 is 2.00 bits per heavy atom. The zero-order chi connectivity index (χ0) is 21.5. The molecule has 1 N–H and O–H groups in total. The van der Waals surface area contributed by atoms with Crippen LogP contribution in [0.4, 0.5) is 4.39 Å². The van der Waals surface area contributed by atoms with Gasteiger partial charge in [-0.3, -0.25) is 9.59 Å². The van der Waals surface area contributed by atoms with Crippen LogP contribution in [0, 0.1) is 5.82 Å². The highest BCUT2D eigenvalue weighted by Crippen LogP contribution is 2.24. The number of carbonyl (C=O) groups excluding carboxylic acids is 2. The third kappa shape index (κ3) is 5.81. The number of benzene rings is 1. The predicted octanol–water partition coefficient (Wildman–Crippen LogP) is 3.14. The van der Waals surface area contributed by atoms with Crippen LogP contribution in [0.5, 0.6) is 0 Å². The molecule has 0 spiro atoms. The monoisotopic (exact) mass is 433 g/mol. The van der Waals surface area contributed by atoms with Crippen LogP contribution in [-0.4, -0.2) is 43.3 Å². The highest BCUT2D eigenvalue weighted by atomic mass is 32.2. The van der Waals surface area contributed by atoms with Crippen LogP contribution in [-0.2, 0) is 29.2 Å². The topological polar surface area (TPSA) is 80.1 Å². The number of halogens is 1. The Bertz CT molecular complexity index is 871. The maximum atomic E-state index is 13.0. The van der Waals surface area contributed by atoms with E-state index in [1.807, 2.05) is 23.3 Å². The molecule has 162 valence electrons. The van der Waals surface area contributed by atoms with E-state index in [-0.39, 0.29) is 22.9 Å². The minimum Gasteiger partial charge on any atom is -0.351 e.